The van der Waals surface area contributed by atoms with Gasteiger partial charge in [0.05, 0.1) is 0 Å². The smallest absolute Gasteiger partial charge is 0.267 e. The molecule has 3 heteroatoms. The van der Waals surface area contributed by atoms with Gasteiger partial charge in [0.1, 0.15) is 5.76 Å². The van der Waals surface area contributed by atoms with Crippen molar-refractivity contribution in [1.82, 2.24) is 4.90 Å². The normalized spacial score (nSPS) is 31.9. The lowest BCUT2D eigenvalue weighted by atomic mass is 9.78. The summed E-state index contributed by atoms with van der Waals surface area (Å²) in [6.45, 7) is 11.8. The van der Waals surface area contributed by atoms with Crippen molar-refractivity contribution < 1.29 is 9.53 Å². The molecule has 1 amide bonds. The Kier molecular flexibility index (Phi) is 5.07. The van der Waals surface area contributed by atoms with E-state index in [1.165, 1.54) is 43.2 Å². The van der Waals surface area contributed by atoms with Crippen LogP contribution in [0.2, 0.25) is 0 Å². The molecule has 2 saturated carbocycles. The van der Waals surface area contributed by atoms with Crippen LogP contribution < -0.4 is 0 Å². The number of nitrogens with zero attached hydrogens (tertiary/aromatic N) is 1. The Morgan fingerprint density at radius 3 is 2.77 bits per heavy atom. The molecule has 3 fully saturated rings. The molecule has 166 valence electrons. The van der Waals surface area contributed by atoms with Gasteiger partial charge in [0.15, 0.2) is 5.60 Å². The molecule has 2 aliphatic heterocycles. The second kappa shape index (κ2) is 7.53. The van der Waals surface area contributed by atoms with Gasteiger partial charge in [-0.1, -0.05) is 64.0 Å². The largest absolute Gasteiger partial charge is 0.476 e. The van der Waals surface area contributed by atoms with Crippen LogP contribution in [-0.4, -0.2) is 29.0 Å². The fourth-order valence-corrected chi connectivity index (χ4v) is 5.90. The summed E-state index contributed by atoms with van der Waals surface area (Å²) < 4.78 is 6.48. The lowest BCUT2D eigenvalue weighted by molar-refractivity contribution is -0.148. The van der Waals surface area contributed by atoms with E-state index in [0.29, 0.717) is 12.0 Å². The predicted molar refractivity (Wildman–Crippen MR) is 125 cm³/mol. The number of fused-ring (bicyclic) bond motifs is 2. The zero-order valence-corrected chi connectivity index (χ0v) is 19.5. The van der Waals surface area contributed by atoms with Crippen molar-refractivity contribution in [3.63, 3.8) is 0 Å². The van der Waals surface area contributed by atoms with E-state index in [1.54, 1.807) is 0 Å². The topological polar surface area (TPSA) is 29.5 Å². The third-order valence-electron chi connectivity index (χ3n) is 8.16. The number of allylic oxidation sites excluding steroid dienone is 1. The number of hydrogen-bond donors (Lipinski definition) is 0. The Balaban J connectivity index is 1.30. The van der Waals surface area contributed by atoms with E-state index in [9.17, 15) is 4.79 Å². The highest BCUT2D eigenvalue weighted by molar-refractivity contribution is 5.93. The highest BCUT2D eigenvalue weighted by atomic mass is 16.5. The van der Waals surface area contributed by atoms with Gasteiger partial charge in [-0.25, -0.2) is 0 Å². The fourth-order valence-electron chi connectivity index (χ4n) is 5.90. The van der Waals surface area contributed by atoms with Crippen molar-refractivity contribution in [1.29, 1.82) is 0 Å². The molecule has 2 aliphatic carbocycles. The van der Waals surface area contributed by atoms with Gasteiger partial charge in [-0.3, -0.25) is 4.79 Å². The Bertz CT molecular complexity index is 921. The minimum atomic E-state index is -0.611. The van der Waals surface area contributed by atoms with Crippen LogP contribution in [0.1, 0.15) is 76.8 Å². The van der Waals surface area contributed by atoms with Crippen molar-refractivity contribution in [3.05, 3.63) is 53.6 Å². The molecule has 4 aliphatic rings. The monoisotopic (exact) mass is 419 g/mol. The van der Waals surface area contributed by atoms with Gasteiger partial charge in [0, 0.05) is 30.5 Å². The molecule has 4 unspecified atom stereocenters. The Hall–Kier alpha value is -2.03. The van der Waals surface area contributed by atoms with Crippen LogP contribution in [0.4, 0.5) is 0 Å². The first kappa shape index (κ1) is 20.8. The number of benzene rings is 1. The molecule has 3 nitrogen and oxygen atoms in total. The maximum absolute atomic E-state index is 13.7. The molecule has 0 bridgehead atoms. The molecular formula is C28H37NO2. The molecule has 5 rings (SSSR count). The average molecular weight is 420 g/mol. The predicted octanol–water partition coefficient (Wildman–Crippen LogP) is 6.14. The van der Waals surface area contributed by atoms with Gasteiger partial charge in [-0.15, -0.1) is 0 Å². The number of piperidine rings is 1. The van der Waals surface area contributed by atoms with E-state index >= 15 is 0 Å². The van der Waals surface area contributed by atoms with Crippen molar-refractivity contribution in [3.8, 4) is 0 Å². The van der Waals surface area contributed by atoms with Gasteiger partial charge in [-0.2, -0.15) is 0 Å². The number of ether oxygens (including phenoxy) is 1. The lowest BCUT2D eigenvalue weighted by Gasteiger charge is -2.45. The van der Waals surface area contributed by atoms with Crippen LogP contribution in [0.15, 0.2) is 42.5 Å². The molecule has 0 aromatic heterocycles. The first-order chi connectivity index (χ1) is 14.8. The van der Waals surface area contributed by atoms with Crippen molar-refractivity contribution >= 4 is 11.7 Å². The van der Waals surface area contributed by atoms with Crippen LogP contribution in [-0.2, 0) is 16.0 Å². The molecular weight excluding hydrogens is 382 g/mol. The van der Waals surface area contributed by atoms with Gasteiger partial charge >= 0.3 is 0 Å². The van der Waals surface area contributed by atoms with Crippen LogP contribution in [0.3, 0.4) is 0 Å². The standard InChI is InChI=1S/C28H37NO2/c1-19(27(2,3)4)15-20-9-7-11-22(16-20)25-17-23-18-28(23,31-25)26(30)29-14-8-12-21-10-5-6-13-24(21)29/h7,9,11,16-17,21,23-24H,1,5-6,8,10,12-15,18H2,2-4H3. The maximum Gasteiger partial charge on any atom is 0.267 e. The van der Waals surface area contributed by atoms with E-state index in [2.05, 4.69) is 62.6 Å². The van der Waals surface area contributed by atoms with Crippen molar-refractivity contribution in [2.75, 3.05) is 6.54 Å². The highest BCUT2D eigenvalue weighted by Gasteiger charge is 2.67. The third kappa shape index (κ3) is 3.75. The molecule has 31 heavy (non-hydrogen) atoms. The van der Waals surface area contributed by atoms with Gasteiger partial charge < -0.3 is 9.64 Å². The zero-order chi connectivity index (χ0) is 21.8. The van der Waals surface area contributed by atoms with E-state index in [4.69, 9.17) is 4.74 Å². The molecule has 0 N–H and O–H groups in total. The Labute approximate surface area is 187 Å². The summed E-state index contributed by atoms with van der Waals surface area (Å²) in [6, 6.07) is 9.03. The number of likely N-dealkylation sites (tertiary alicyclic amines) is 1. The Morgan fingerprint density at radius 2 is 1.97 bits per heavy atom. The summed E-state index contributed by atoms with van der Waals surface area (Å²) >= 11 is 0. The van der Waals surface area contributed by atoms with Crippen molar-refractivity contribution in [2.45, 2.75) is 83.8 Å². The molecule has 2 heterocycles. The summed E-state index contributed by atoms with van der Waals surface area (Å²) in [5, 5.41) is 0. The zero-order valence-electron chi connectivity index (χ0n) is 19.5. The summed E-state index contributed by atoms with van der Waals surface area (Å²) in [5.41, 5.74) is 3.06. The first-order valence-corrected chi connectivity index (χ1v) is 12.3. The Morgan fingerprint density at radius 1 is 1.19 bits per heavy atom. The summed E-state index contributed by atoms with van der Waals surface area (Å²) in [6.07, 6.45) is 11.4. The summed E-state index contributed by atoms with van der Waals surface area (Å²) in [4.78, 5) is 15.9. The van der Waals surface area contributed by atoms with Crippen LogP contribution in [0, 0.1) is 17.3 Å². The summed E-state index contributed by atoms with van der Waals surface area (Å²) in [5.74, 6) is 2.11. The molecule has 1 saturated heterocycles. The third-order valence-corrected chi connectivity index (χ3v) is 8.16. The quantitative estimate of drug-likeness (QED) is 0.548. The van der Waals surface area contributed by atoms with Crippen LogP contribution in [0.5, 0.6) is 0 Å². The number of carbonyl (C=O) groups excluding carboxylic acids is 1. The number of carbonyl (C=O) groups is 1. The van der Waals surface area contributed by atoms with E-state index < -0.39 is 5.60 Å². The SMILES string of the molecule is C=C(Cc1cccc(C2=CC3CC3(C(=O)N3CCCC4CCCCC43)O2)c1)C(C)(C)C. The fraction of sp³-hybridized carbons (Fsp3) is 0.607. The molecule has 1 aromatic carbocycles. The van der Waals surface area contributed by atoms with Gasteiger partial charge in [-0.05, 0) is 61.1 Å². The minimum absolute atomic E-state index is 0.0999. The number of rotatable bonds is 4. The molecule has 0 radical (unpaired) electrons. The lowest BCUT2D eigenvalue weighted by Crippen LogP contribution is -2.54. The first-order valence-electron chi connectivity index (χ1n) is 12.3. The maximum atomic E-state index is 13.7. The van der Waals surface area contributed by atoms with E-state index in [-0.39, 0.29) is 17.2 Å². The second-order valence-electron chi connectivity index (χ2n) is 11.3. The highest BCUT2D eigenvalue weighted by Crippen LogP contribution is 2.58. The van der Waals surface area contributed by atoms with Gasteiger partial charge in [0.2, 0.25) is 0 Å². The number of hydrogen-bond acceptors (Lipinski definition) is 2. The van der Waals surface area contributed by atoms with E-state index in [0.717, 1.165) is 37.1 Å². The molecule has 4 atom stereocenters. The summed E-state index contributed by atoms with van der Waals surface area (Å²) in [7, 11) is 0. The minimum Gasteiger partial charge on any atom is -0.476 e. The van der Waals surface area contributed by atoms with Crippen molar-refractivity contribution in [2.24, 2.45) is 17.3 Å². The molecule has 1 aromatic rings. The van der Waals surface area contributed by atoms with E-state index in [1.807, 2.05) is 0 Å². The van der Waals surface area contributed by atoms with Gasteiger partial charge in [0.25, 0.3) is 5.91 Å². The number of amides is 1. The molecule has 0 spiro atoms. The van der Waals surface area contributed by atoms with Crippen LogP contribution in [0.25, 0.3) is 5.76 Å². The average Bonchev–Trinajstić information content (AvgIpc) is 3.33. The second-order valence-corrected chi connectivity index (χ2v) is 11.3. The van der Waals surface area contributed by atoms with Crippen LogP contribution >= 0.6 is 0 Å².